The maximum absolute atomic E-state index is 12.5. The highest BCUT2D eigenvalue weighted by Crippen LogP contribution is 2.25. The van der Waals surface area contributed by atoms with Gasteiger partial charge in [0.25, 0.3) is 0 Å². The number of morpholine rings is 1. The van der Waals surface area contributed by atoms with Crippen molar-refractivity contribution in [3.05, 3.63) is 22.4 Å². The summed E-state index contributed by atoms with van der Waals surface area (Å²) in [6.45, 7) is 8.14. The Kier molecular flexibility index (Phi) is 6.05. The highest BCUT2D eigenvalue weighted by molar-refractivity contribution is 7.10. The molecule has 0 bridgehead atoms. The number of likely N-dealkylation sites (tertiary alicyclic amines) is 1. The first-order valence-corrected chi connectivity index (χ1v) is 9.51. The lowest BCUT2D eigenvalue weighted by atomic mass is 10.1. The van der Waals surface area contributed by atoms with Crippen molar-refractivity contribution in [2.75, 3.05) is 45.9 Å². The van der Waals surface area contributed by atoms with Crippen LogP contribution in [0.25, 0.3) is 0 Å². The van der Waals surface area contributed by atoms with E-state index in [-0.39, 0.29) is 11.9 Å². The van der Waals surface area contributed by atoms with Gasteiger partial charge >= 0.3 is 0 Å². The molecule has 3 rings (SSSR count). The van der Waals surface area contributed by atoms with E-state index in [1.54, 1.807) is 11.3 Å². The van der Waals surface area contributed by atoms with E-state index >= 15 is 0 Å². The van der Waals surface area contributed by atoms with Crippen LogP contribution in [-0.2, 0) is 9.53 Å². The van der Waals surface area contributed by atoms with Crippen molar-refractivity contribution in [3.8, 4) is 0 Å². The minimum Gasteiger partial charge on any atom is -0.379 e. The topological polar surface area (TPSA) is 44.8 Å². The Morgan fingerprint density at radius 3 is 2.70 bits per heavy atom. The largest absolute Gasteiger partial charge is 0.379 e. The molecule has 0 spiro atoms. The van der Waals surface area contributed by atoms with Gasteiger partial charge in [-0.25, -0.2) is 0 Å². The van der Waals surface area contributed by atoms with Gasteiger partial charge in [0.15, 0.2) is 0 Å². The zero-order valence-electron chi connectivity index (χ0n) is 13.9. The Hall–Kier alpha value is -0.950. The predicted octanol–water partition coefficient (Wildman–Crippen LogP) is 1.72. The molecule has 23 heavy (non-hydrogen) atoms. The molecule has 2 fully saturated rings. The summed E-state index contributed by atoms with van der Waals surface area (Å²) in [5.41, 5.74) is 0. The van der Waals surface area contributed by atoms with Crippen molar-refractivity contribution in [1.82, 2.24) is 15.1 Å². The molecule has 2 aliphatic heterocycles. The van der Waals surface area contributed by atoms with E-state index in [0.717, 1.165) is 58.8 Å². The zero-order valence-corrected chi connectivity index (χ0v) is 14.7. The molecule has 1 aromatic rings. The molecule has 0 aromatic carbocycles. The molecule has 1 N–H and O–H groups in total. The summed E-state index contributed by atoms with van der Waals surface area (Å²) >= 11 is 1.79. The number of amides is 1. The molecular weight excluding hydrogens is 310 g/mol. The fourth-order valence-corrected chi connectivity index (χ4v) is 4.23. The molecule has 6 heteroatoms. The molecule has 0 aliphatic carbocycles. The van der Waals surface area contributed by atoms with Crippen LogP contribution in [-0.4, -0.2) is 67.7 Å². The molecule has 2 aliphatic rings. The summed E-state index contributed by atoms with van der Waals surface area (Å²) in [6.07, 6.45) is 2.29. The standard InChI is InChI=1S/C17H27N3O2S/c1-14(17(21)20-6-2-3-7-20)18-13-15(16-5-4-12-23-16)19-8-10-22-11-9-19/h4-5,12,14-15,18H,2-3,6-11,13H2,1H3/t14-,15+/m0/s1. The number of carbonyl (C=O) groups excluding carboxylic acids is 1. The molecule has 5 nitrogen and oxygen atoms in total. The first kappa shape index (κ1) is 16.9. The van der Waals surface area contributed by atoms with E-state index in [0.29, 0.717) is 6.04 Å². The van der Waals surface area contributed by atoms with E-state index in [1.165, 1.54) is 4.88 Å². The van der Waals surface area contributed by atoms with Gasteiger partial charge in [-0.1, -0.05) is 6.07 Å². The van der Waals surface area contributed by atoms with Gasteiger partial charge in [0.1, 0.15) is 0 Å². The highest BCUT2D eigenvalue weighted by atomic mass is 32.1. The van der Waals surface area contributed by atoms with E-state index < -0.39 is 0 Å². The third-order valence-electron chi connectivity index (χ3n) is 4.76. The minimum absolute atomic E-state index is 0.114. The summed E-state index contributed by atoms with van der Waals surface area (Å²) in [5, 5.41) is 5.60. The smallest absolute Gasteiger partial charge is 0.239 e. The average Bonchev–Trinajstić information content (AvgIpc) is 3.29. The van der Waals surface area contributed by atoms with Gasteiger partial charge in [0.05, 0.1) is 25.3 Å². The highest BCUT2D eigenvalue weighted by Gasteiger charge is 2.27. The second-order valence-corrected chi connectivity index (χ2v) is 7.32. The second kappa shape index (κ2) is 8.24. The number of hydrogen-bond acceptors (Lipinski definition) is 5. The maximum Gasteiger partial charge on any atom is 0.239 e. The van der Waals surface area contributed by atoms with Gasteiger partial charge in [0, 0.05) is 37.6 Å². The number of ether oxygens (including phenoxy) is 1. The summed E-state index contributed by atoms with van der Waals surface area (Å²) < 4.78 is 5.48. The van der Waals surface area contributed by atoms with Gasteiger partial charge in [-0.2, -0.15) is 0 Å². The molecule has 3 heterocycles. The third kappa shape index (κ3) is 4.32. The Bertz CT molecular complexity index is 482. The van der Waals surface area contributed by atoms with Crippen LogP contribution in [0.1, 0.15) is 30.7 Å². The Labute approximate surface area is 142 Å². The lowest BCUT2D eigenvalue weighted by Crippen LogP contribution is -2.48. The molecule has 0 saturated carbocycles. The van der Waals surface area contributed by atoms with Crippen LogP contribution in [0.2, 0.25) is 0 Å². The normalized spacial score (nSPS) is 22.2. The van der Waals surface area contributed by atoms with Crippen molar-refractivity contribution in [1.29, 1.82) is 0 Å². The Morgan fingerprint density at radius 2 is 2.04 bits per heavy atom. The van der Waals surface area contributed by atoms with Crippen LogP contribution < -0.4 is 5.32 Å². The quantitative estimate of drug-likeness (QED) is 0.858. The van der Waals surface area contributed by atoms with Crippen LogP contribution in [0, 0.1) is 0 Å². The van der Waals surface area contributed by atoms with Crippen LogP contribution in [0.4, 0.5) is 0 Å². The van der Waals surface area contributed by atoms with Crippen molar-refractivity contribution >= 4 is 17.2 Å². The van der Waals surface area contributed by atoms with Crippen molar-refractivity contribution < 1.29 is 9.53 Å². The molecule has 2 atom stereocenters. The van der Waals surface area contributed by atoms with E-state index in [4.69, 9.17) is 4.74 Å². The van der Waals surface area contributed by atoms with E-state index in [9.17, 15) is 4.79 Å². The van der Waals surface area contributed by atoms with Crippen LogP contribution in [0.5, 0.6) is 0 Å². The SMILES string of the molecule is C[C@H](NC[C@H](c1cccs1)N1CCOCC1)C(=O)N1CCCC1. The van der Waals surface area contributed by atoms with Crippen molar-refractivity contribution in [2.45, 2.75) is 31.8 Å². The zero-order chi connectivity index (χ0) is 16.1. The minimum atomic E-state index is -0.114. The molecular formula is C17H27N3O2S. The first-order valence-electron chi connectivity index (χ1n) is 8.63. The monoisotopic (exact) mass is 337 g/mol. The summed E-state index contributed by atoms with van der Waals surface area (Å²) in [7, 11) is 0. The fraction of sp³-hybridized carbons (Fsp3) is 0.706. The fourth-order valence-electron chi connectivity index (χ4n) is 3.37. The van der Waals surface area contributed by atoms with Crippen LogP contribution in [0.3, 0.4) is 0 Å². The number of rotatable bonds is 6. The Balaban J connectivity index is 1.58. The molecule has 1 amide bonds. The number of hydrogen-bond donors (Lipinski definition) is 1. The average molecular weight is 337 g/mol. The van der Waals surface area contributed by atoms with Gasteiger partial charge in [-0.05, 0) is 31.2 Å². The molecule has 1 aromatic heterocycles. The molecule has 0 unspecified atom stereocenters. The molecule has 0 radical (unpaired) electrons. The lowest BCUT2D eigenvalue weighted by molar-refractivity contribution is -0.132. The van der Waals surface area contributed by atoms with Gasteiger partial charge in [-0.15, -0.1) is 11.3 Å². The number of nitrogens with one attached hydrogen (secondary N) is 1. The number of nitrogens with zero attached hydrogens (tertiary/aromatic N) is 2. The molecule has 128 valence electrons. The lowest BCUT2D eigenvalue weighted by Gasteiger charge is -2.35. The predicted molar refractivity (Wildman–Crippen MR) is 92.7 cm³/mol. The summed E-state index contributed by atoms with van der Waals surface area (Å²) in [6, 6.07) is 4.51. The third-order valence-corrected chi connectivity index (χ3v) is 5.74. The number of carbonyl (C=O) groups is 1. The summed E-state index contributed by atoms with van der Waals surface area (Å²) in [4.78, 5) is 18.3. The van der Waals surface area contributed by atoms with Crippen LogP contribution in [0.15, 0.2) is 17.5 Å². The van der Waals surface area contributed by atoms with Crippen LogP contribution >= 0.6 is 11.3 Å². The first-order chi connectivity index (χ1) is 11.3. The van der Waals surface area contributed by atoms with E-state index in [2.05, 4.69) is 27.7 Å². The molecule has 2 saturated heterocycles. The maximum atomic E-state index is 12.5. The van der Waals surface area contributed by atoms with Crippen molar-refractivity contribution in [3.63, 3.8) is 0 Å². The second-order valence-electron chi connectivity index (χ2n) is 6.34. The van der Waals surface area contributed by atoms with Crippen molar-refractivity contribution in [2.24, 2.45) is 0 Å². The van der Waals surface area contributed by atoms with Gasteiger partial charge in [-0.3, -0.25) is 9.69 Å². The van der Waals surface area contributed by atoms with E-state index in [1.807, 2.05) is 11.8 Å². The summed E-state index contributed by atoms with van der Waals surface area (Å²) in [5.74, 6) is 0.245. The Morgan fingerprint density at radius 1 is 1.30 bits per heavy atom. The van der Waals surface area contributed by atoms with Gasteiger partial charge in [0.2, 0.25) is 5.91 Å². The van der Waals surface area contributed by atoms with Gasteiger partial charge < -0.3 is 15.0 Å². The number of thiophene rings is 1.